The largest absolute Gasteiger partial charge is 0.497 e. The van der Waals surface area contributed by atoms with E-state index in [0.717, 1.165) is 43.3 Å². The second kappa shape index (κ2) is 10.6. The summed E-state index contributed by atoms with van der Waals surface area (Å²) in [6, 6.07) is 12.0. The number of anilines is 1. The average molecular weight is 497 g/mol. The first-order chi connectivity index (χ1) is 17.3. The van der Waals surface area contributed by atoms with Crippen molar-refractivity contribution in [3.63, 3.8) is 0 Å². The lowest BCUT2D eigenvalue weighted by Gasteiger charge is -2.40. The highest BCUT2D eigenvalue weighted by Gasteiger charge is 2.34. The van der Waals surface area contributed by atoms with Gasteiger partial charge in [0.25, 0.3) is 0 Å². The fourth-order valence-electron chi connectivity index (χ4n) is 4.66. The van der Waals surface area contributed by atoms with E-state index in [1.807, 2.05) is 28.9 Å². The van der Waals surface area contributed by atoms with Crippen molar-refractivity contribution in [3.05, 3.63) is 47.8 Å². The molecule has 1 aliphatic heterocycles. The minimum Gasteiger partial charge on any atom is -0.497 e. The first kappa shape index (κ1) is 25.6. The summed E-state index contributed by atoms with van der Waals surface area (Å²) >= 11 is 0. The molecule has 10 nitrogen and oxygen atoms in total. The van der Waals surface area contributed by atoms with E-state index < -0.39 is 0 Å². The van der Waals surface area contributed by atoms with Gasteiger partial charge < -0.3 is 23.8 Å². The normalized spacial score (nSPS) is 15.5. The summed E-state index contributed by atoms with van der Waals surface area (Å²) < 4.78 is 24.1. The number of benzene rings is 2. The number of nitrogens with zero attached hydrogens (tertiary/aromatic N) is 6. The highest BCUT2D eigenvalue weighted by Crippen LogP contribution is 2.42. The first-order valence-corrected chi connectivity index (χ1v) is 12.0. The van der Waals surface area contributed by atoms with Gasteiger partial charge in [-0.15, -0.1) is 5.10 Å². The first-order valence-electron chi connectivity index (χ1n) is 12.0. The summed E-state index contributed by atoms with van der Waals surface area (Å²) in [5.74, 6) is 3.39. The van der Waals surface area contributed by atoms with Crippen molar-refractivity contribution in [3.8, 4) is 23.0 Å². The molecule has 0 bridgehead atoms. The molecule has 2 aromatic carbocycles. The van der Waals surface area contributed by atoms with Crippen molar-refractivity contribution in [2.45, 2.75) is 32.4 Å². The zero-order chi connectivity index (χ0) is 25.9. The van der Waals surface area contributed by atoms with Gasteiger partial charge in [-0.2, -0.15) is 0 Å². The van der Waals surface area contributed by atoms with E-state index in [4.69, 9.17) is 18.9 Å². The van der Waals surface area contributed by atoms with Crippen LogP contribution in [0.1, 0.15) is 38.2 Å². The van der Waals surface area contributed by atoms with Crippen molar-refractivity contribution in [2.24, 2.45) is 0 Å². The zero-order valence-electron chi connectivity index (χ0n) is 22.2. The molecule has 10 heteroatoms. The minimum absolute atomic E-state index is 0.203. The Balaban J connectivity index is 1.71. The molecule has 0 radical (unpaired) electrons. The summed E-state index contributed by atoms with van der Waals surface area (Å²) in [6.07, 6.45) is 0. The van der Waals surface area contributed by atoms with Crippen LogP contribution in [0.5, 0.6) is 23.0 Å². The Morgan fingerprint density at radius 1 is 0.806 bits per heavy atom. The van der Waals surface area contributed by atoms with Crippen LogP contribution in [0, 0.1) is 0 Å². The molecule has 1 aromatic heterocycles. The summed E-state index contributed by atoms with van der Waals surface area (Å²) in [6.45, 7) is 9.67. The van der Waals surface area contributed by atoms with Crippen LogP contribution in [0.4, 0.5) is 5.69 Å². The van der Waals surface area contributed by atoms with E-state index >= 15 is 0 Å². The van der Waals surface area contributed by atoms with Gasteiger partial charge in [0.1, 0.15) is 5.75 Å². The molecular weight excluding hydrogens is 460 g/mol. The van der Waals surface area contributed by atoms with Gasteiger partial charge in [-0.25, -0.2) is 4.68 Å². The highest BCUT2D eigenvalue weighted by atomic mass is 16.5. The monoisotopic (exact) mass is 496 g/mol. The average Bonchev–Trinajstić information content (AvgIpc) is 3.39. The number of tetrazole rings is 1. The highest BCUT2D eigenvalue weighted by molar-refractivity contribution is 5.55. The van der Waals surface area contributed by atoms with Crippen LogP contribution in [0.15, 0.2) is 36.4 Å². The third-order valence-corrected chi connectivity index (χ3v) is 6.49. The summed E-state index contributed by atoms with van der Waals surface area (Å²) in [5, 5.41) is 12.9. The third kappa shape index (κ3) is 5.04. The maximum atomic E-state index is 5.67. The smallest absolute Gasteiger partial charge is 0.203 e. The van der Waals surface area contributed by atoms with Gasteiger partial charge in [0.2, 0.25) is 5.75 Å². The second-order valence-corrected chi connectivity index (χ2v) is 9.70. The number of piperazine rings is 1. The van der Waals surface area contributed by atoms with Crippen LogP contribution in [-0.4, -0.2) is 79.7 Å². The number of aromatic nitrogens is 4. The third-order valence-electron chi connectivity index (χ3n) is 6.49. The Kier molecular flexibility index (Phi) is 7.53. The molecule has 194 valence electrons. The van der Waals surface area contributed by atoms with E-state index in [1.54, 1.807) is 28.4 Å². The SMILES string of the molecule is COc1ccc(N2CCN(C(c3cc(OC)c(OC)c(OC)c3)c3nnnn3C(C)(C)C)CC2)cc1. The Labute approximate surface area is 212 Å². The van der Waals surface area contributed by atoms with E-state index in [9.17, 15) is 0 Å². The molecule has 1 fully saturated rings. The fraction of sp³-hybridized carbons (Fsp3) is 0.500. The van der Waals surface area contributed by atoms with Gasteiger partial charge in [0.15, 0.2) is 17.3 Å². The fourth-order valence-corrected chi connectivity index (χ4v) is 4.66. The van der Waals surface area contributed by atoms with Gasteiger partial charge in [-0.1, -0.05) is 0 Å². The van der Waals surface area contributed by atoms with E-state index in [1.165, 1.54) is 5.69 Å². The molecule has 1 saturated heterocycles. The Bertz CT molecular complexity index is 1120. The van der Waals surface area contributed by atoms with Crippen LogP contribution in [0.3, 0.4) is 0 Å². The van der Waals surface area contributed by atoms with Crippen molar-refractivity contribution < 1.29 is 18.9 Å². The van der Waals surface area contributed by atoms with Crippen molar-refractivity contribution in [1.82, 2.24) is 25.1 Å². The maximum Gasteiger partial charge on any atom is 0.203 e. The molecule has 1 aliphatic rings. The van der Waals surface area contributed by atoms with Crippen molar-refractivity contribution in [2.75, 3.05) is 59.5 Å². The molecule has 4 rings (SSSR count). The number of hydrogen-bond donors (Lipinski definition) is 0. The predicted octanol–water partition coefficient (Wildman–Crippen LogP) is 3.37. The second-order valence-electron chi connectivity index (χ2n) is 9.70. The summed E-state index contributed by atoms with van der Waals surface area (Å²) in [5.41, 5.74) is 1.87. The van der Waals surface area contributed by atoms with E-state index in [-0.39, 0.29) is 11.6 Å². The van der Waals surface area contributed by atoms with E-state index in [2.05, 4.69) is 58.2 Å². The lowest BCUT2D eigenvalue weighted by atomic mass is 10.00. The molecule has 0 saturated carbocycles. The summed E-state index contributed by atoms with van der Waals surface area (Å²) in [4.78, 5) is 4.80. The standard InChI is InChI=1S/C26H36N6O4/c1-26(2,3)32-25(27-28-29-32)23(18-16-21(34-5)24(36-7)22(17-18)35-6)31-14-12-30(13-15-31)19-8-10-20(33-4)11-9-19/h8-11,16-17,23H,12-15H2,1-7H3. The molecule has 0 N–H and O–H groups in total. The van der Waals surface area contributed by atoms with Crippen LogP contribution in [0.25, 0.3) is 0 Å². The quantitative estimate of drug-likeness (QED) is 0.466. The van der Waals surface area contributed by atoms with Gasteiger partial charge in [-0.05, 0) is 73.2 Å². The molecule has 1 unspecified atom stereocenters. The molecule has 36 heavy (non-hydrogen) atoms. The number of ether oxygens (including phenoxy) is 4. The molecule has 1 atom stereocenters. The Morgan fingerprint density at radius 2 is 1.42 bits per heavy atom. The lowest BCUT2D eigenvalue weighted by Crippen LogP contribution is -2.48. The molecular formula is C26H36N6O4. The predicted molar refractivity (Wildman–Crippen MR) is 138 cm³/mol. The van der Waals surface area contributed by atoms with Gasteiger partial charge in [-0.3, -0.25) is 4.90 Å². The minimum atomic E-state index is -0.289. The van der Waals surface area contributed by atoms with Gasteiger partial charge in [0.05, 0.1) is 40.0 Å². The van der Waals surface area contributed by atoms with Crippen LogP contribution in [0.2, 0.25) is 0 Å². The van der Waals surface area contributed by atoms with Gasteiger partial charge >= 0.3 is 0 Å². The number of rotatable bonds is 8. The molecule has 0 amide bonds. The Morgan fingerprint density at radius 3 is 1.92 bits per heavy atom. The maximum absolute atomic E-state index is 5.67. The number of hydrogen-bond acceptors (Lipinski definition) is 9. The van der Waals surface area contributed by atoms with Crippen LogP contribution < -0.4 is 23.8 Å². The summed E-state index contributed by atoms with van der Waals surface area (Å²) in [7, 11) is 6.55. The van der Waals surface area contributed by atoms with Crippen molar-refractivity contribution >= 4 is 5.69 Å². The molecule has 3 aromatic rings. The van der Waals surface area contributed by atoms with Crippen LogP contribution >= 0.6 is 0 Å². The Hall–Kier alpha value is -3.53. The van der Waals surface area contributed by atoms with Crippen LogP contribution in [-0.2, 0) is 5.54 Å². The lowest BCUT2D eigenvalue weighted by molar-refractivity contribution is 0.190. The number of methoxy groups -OCH3 is 4. The molecule has 0 spiro atoms. The van der Waals surface area contributed by atoms with Gasteiger partial charge in [0, 0.05) is 31.9 Å². The molecule has 0 aliphatic carbocycles. The van der Waals surface area contributed by atoms with E-state index in [0.29, 0.717) is 17.2 Å². The van der Waals surface area contributed by atoms with Crippen molar-refractivity contribution in [1.29, 1.82) is 0 Å². The molecule has 2 heterocycles. The zero-order valence-corrected chi connectivity index (χ0v) is 22.2. The topological polar surface area (TPSA) is 87.0 Å².